The number of hydrogen-bond acceptors (Lipinski definition) is 3. The second-order valence-electron chi connectivity index (χ2n) is 7.63. The standard InChI is InChI=1S/C22H25ClF2N2O2/c1-14(3-2-12-28)18-6-4-16-19(27-18)7-5-17(23)20(16)21(29)26-13-15-8-10-22(24,25)11-9-15/h2-7,14-15,28H,8-13H2,1H3,(H,26,29)/b3-2+. The molecule has 0 saturated heterocycles. The number of pyridine rings is 1. The number of halogens is 3. The van der Waals surface area contributed by atoms with Gasteiger partial charge in [0, 0.05) is 36.4 Å². The quantitative estimate of drug-likeness (QED) is 0.637. The molecule has 0 spiro atoms. The Balaban J connectivity index is 1.76. The molecule has 0 bridgehead atoms. The van der Waals surface area contributed by atoms with Gasteiger partial charge < -0.3 is 10.4 Å². The van der Waals surface area contributed by atoms with Crippen LogP contribution in [0.1, 0.15) is 54.6 Å². The fourth-order valence-corrected chi connectivity index (χ4v) is 3.92. The molecular formula is C22H25ClF2N2O2. The van der Waals surface area contributed by atoms with E-state index in [0.717, 1.165) is 5.69 Å². The Morgan fingerprint density at radius 3 is 2.76 bits per heavy atom. The molecule has 7 heteroatoms. The number of carbonyl (C=O) groups excluding carboxylic acids is 1. The molecule has 2 N–H and O–H groups in total. The minimum absolute atomic E-state index is 0.0175. The Bertz CT molecular complexity index is 907. The van der Waals surface area contributed by atoms with Gasteiger partial charge in [0.2, 0.25) is 5.92 Å². The summed E-state index contributed by atoms with van der Waals surface area (Å²) in [5.41, 5.74) is 1.82. The normalized spacial score (nSPS) is 18.2. The van der Waals surface area contributed by atoms with Crippen molar-refractivity contribution in [1.29, 1.82) is 0 Å². The highest BCUT2D eigenvalue weighted by molar-refractivity contribution is 6.35. The summed E-state index contributed by atoms with van der Waals surface area (Å²) in [5, 5.41) is 12.8. The van der Waals surface area contributed by atoms with Crippen molar-refractivity contribution in [3.8, 4) is 0 Å². The highest BCUT2D eigenvalue weighted by Crippen LogP contribution is 2.36. The summed E-state index contributed by atoms with van der Waals surface area (Å²) in [6, 6.07) is 7.07. The van der Waals surface area contributed by atoms with Crippen molar-refractivity contribution in [2.24, 2.45) is 5.92 Å². The Morgan fingerprint density at radius 1 is 1.34 bits per heavy atom. The number of allylic oxidation sites excluding steroid dienone is 1. The Kier molecular flexibility index (Phi) is 6.85. The maximum absolute atomic E-state index is 13.3. The minimum Gasteiger partial charge on any atom is -0.392 e. The third kappa shape index (κ3) is 5.31. The number of benzene rings is 1. The molecule has 29 heavy (non-hydrogen) atoms. The van der Waals surface area contributed by atoms with Crippen LogP contribution in [0.4, 0.5) is 8.78 Å². The molecule has 1 atom stereocenters. The third-order valence-corrected chi connectivity index (χ3v) is 5.77. The van der Waals surface area contributed by atoms with Crippen LogP contribution >= 0.6 is 11.6 Å². The molecule has 156 valence electrons. The molecule has 1 heterocycles. The molecular weight excluding hydrogens is 398 g/mol. The first kappa shape index (κ1) is 21.7. The predicted molar refractivity (Wildman–Crippen MR) is 111 cm³/mol. The van der Waals surface area contributed by atoms with E-state index in [9.17, 15) is 13.6 Å². The van der Waals surface area contributed by atoms with Crippen molar-refractivity contribution in [2.75, 3.05) is 13.2 Å². The molecule has 1 aliphatic carbocycles. The number of amides is 1. The lowest BCUT2D eigenvalue weighted by atomic mass is 9.87. The van der Waals surface area contributed by atoms with Crippen LogP contribution in [-0.4, -0.2) is 35.1 Å². The van der Waals surface area contributed by atoms with Gasteiger partial charge in [0.15, 0.2) is 0 Å². The van der Waals surface area contributed by atoms with Crippen LogP contribution in [0.5, 0.6) is 0 Å². The van der Waals surface area contributed by atoms with Crippen LogP contribution in [0.15, 0.2) is 36.4 Å². The number of rotatable bonds is 6. The zero-order valence-electron chi connectivity index (χ0n) is 16.3. The van der Waals surface area contributed by atoms with E-state index in [2.05, 4.69) is 10.3 Å². The van der Waals surface area contributed by atoms with Gasteiger partial charge in [0.25, 0.3) is 5.91 Å². The molecule has 1 aromatic carbocycles. The lowest BCUT2D eigenvalue weighted by molar-refractivity contribution is -0.0452. The average Bonchev–Trinajstić information content (AvgIpc) is 2.70. The van der Waals surface area contributed by atoms with E-state index in [-0.39, 0.29) is 37.2 Å². The number of nitrogens with zero attached hydrogens (tertiary/aromatic N) is 1. The van der Waals surface area contributed by atoms with E-state index in [4.69, 9.17) is 16.7 Å². The second kappa shape index (κ2) is 9.18. The van der Waals surface area contributed by atoms with Crippen molar-refractivity contribution < 1.29 is 18.7 Å². The Labute approximate surface area is 174 Å². The lowest BCUT2D eigenvalue weighted by Gasteiger charge is -2.28. The van der Waals surface area contributed by atoms with Gasteiger partial charge >= 0.3 is 0 Å². The first-order valence-corrected chi connectivity index (χ1v) is 10.2. The summed E-state index contributed by atoms with van der Waals surface area (Å²) in [6.45, 7) is 2.30. The van der Waals surface area contributed by atoms with Gasteiger partial charge in [-0.15, -0.1) is 0 Å². The van der Waals surface area contributed by atoms with E-state index < -0.39 is 5.92 Å². The number of nitrogens with one attached hydrogen (secondary N) is 1. The third-order valence-electron chi connectivity index (χ3n) is 5.45. The topological polar surface area (TPSA) is 62.2 Å². The number of hydrogen-bond donors (Lipinski definition) is 2. The first-order chi connectivity index (χ1) is 13.8. The van der Waals surface area contributed by atoms with Gasteiger partial charge in [0.1, 0.15) is 0 Å². The van der Waals surface area contributed by atoms with E-state index in [1.165, 1.54) is 0 Å². The SMILES string of the molecule is CC(/C=C/CO)c1ccc2c(C(=O)NCC3CCC(F)(F)CC3)c(Cl)ccc2n1. The van der Waals surface area contributed by atoms with Crippen molar-refractivity contribution in [3.05, 3.63) is 52.7 Å². The number of fused-ring (bicyclic) bond motifs is 1. The Morgan fingerprint density at radius 2 is 2.07 bits per heavy atom. The van der Waals surface area contributed by atoms with Crippen molar-refractivity contribution in [2.45, 2.75) is 44.4 Å². The summed E-state index contributed by atoms with van der Waals surface area (Å²) < 4.78 is 26.6. The molecule has 1 unspecified atom stereocenters. The fourth-order valence-electron chi connectivity index (χ4n) is 3.67. The molecule has 0 radical (unpaired) electrons. The number of aliphatic hydroxyl groups is 1. The van der Waals surface area contributed by atoms with E-state index in [1.807, 2.05) is 25.1 Å². The zero-order valence-corrected chi connectivity index (χ0v) is 17.1. The monoisotopic (exact) mass is 422 g/mol. The second-order valence-corrected chi connectivity index (χ2v) is 8.04. The first-order valence-electron chi connectivity index (χ1n) is 9.83. The van der Waals surface area contributed by atoms with Gasteiger partial charge in [-0.2, -0.15) is 0 Å². The molecule has 1 fully saturated rings. The largest absolute Gasteiger partial charge is 0.392 e. The van der Waals surface area contributed by atoms with Crippen molar-refractivity contribution in [1.82, 2.24) is 10.3 Å². The molecule has 1 saturated carbocycles. The van der Waals surface area contributed by atoms with Crippen LogP contribution in [0.3, 0.4) is 0 Å². The number of aliphatic hydroxyl groups excluding tert-OH is 1. The van der Waals surface area contributed by atoms with E-state index >= 15 is 0 Å². The van der Waals surface area contributed by atoms with Crippen LogP contribution in [0.2, 0.25) is 5.02 Å². The molecule has 4 nitrogen and oxygen atoms in total. The number of carbonyl (C=O) groups is 1. The molecule has 2 aromatic rings. The average molecular weight is 423 g/mol. The number of alkyl halides is 2. The van der Waals surface area contributed by atoms with Crippen LogP contribution < -0.4 is 5.32 Å². The predicted octanol–water partition coefficient (Wildman–Crippen LogP) is 5.10. The summed E-state index contributed by atoms with van der Waals surface area (Å²) in [7, 11) is 0. The highest BCUT2D eigenvalue weighted by Gasteiger charge is 2.34. The van der Waals surface area contributed by atoms with Crippen LogP contribution in [0, 0.1) is 5.92 Å². The van der Waals surface area contributed by atoms with Crippen LogP contribution in [0.25, 0.3) is 10.9 Å². The maximum atomic E-state index is 13.3. The van der Waals surface area contributed by atoms with Gasteiger partial charge in [-0.05, 0) is 37.0 Å². The minimum atomic E-state index is -2.58. The zero-order chi connectivity index (χ0) is 21.0. The molecule has 1 amide bonds. The van der Waals surface area contributed by atoms with Crippen molar-refractivity contribution >= 4 is 28.4 Å². The smallest absolute Gasteiger partial charge is 0.253 e. The summed E-state index contributed by atoms with van der Waals surface area (Å²) in [6.07, 6.45) is 4.08. The van der Waals surface area contributed by atoms with Gasteiger partial charge in [0.05, 0.1) is 22.7 Å². The van der Waals surface area contributed by atoms with Gasteiger partial charge in [-0.1, -0.05) is 36.7 Å². The summed E-state index contributed by atoms with van der Waals surface area (Å²) in [4.78, 5) is 17.4. The molecule has 3 rings (SSSR count). The highest BCUT2D eigenvalue weighted by atomic mass is 35.5. The van der Waals surface area contributed by atoms with E-state index in [0.29, 0.717) is 40.9 Å². The summed E-state index contributed by atoms with van der Waals surface area (Å²) >= 11 is 6.30. The number of aromatic nitrogens is 1. The maximum Gasteiger partial charge on any atom is 0.253 e. The van der Waals surface area contributed by atoms with Gasteiger partial charge in [-0.3, -0.25) is 9.78 Å². The van der Waals surface area contributed by atoms with Gasteiger partial charge in [-0.25, -0.2) is 8.78 Å². The van der Waals surface area contributed by atoms with Crippen molar-refractivity contribution in [3.63, 3.8) is 0 Å². The Hall–Kier alpha value is -2.05. The molecule has 1 aromatic heterocycles. The molecule has 1 aliphatic rings. The fraction of sp³-hybridized carbons (Fsp3) is 0.455. The van der Waals surface area contributed by atoms with E-state index in [1.54, 1.807) is 18.2 Å². The van der Waals surface area contributed by atoms with Crippen LogP contribution in [-0.2, 0) is 0 Å². The molecule has 0 aliphatic heterocycles. The summed E-state index contributed by atoms with van der Waals surface area (Å²) in [5.74, 6) is -2.83. The lowest BCUT2D eigenvalue weighted by Crippen LogP contribution is -2.34.